The molecule has 86 valence electrons. The highest BCUT2D eigenvalue weighted by Gasteiger charge is 2.44. The summed E-state index contributed by atoms with van der Waals surface area (Å²) in [7, 11) is 0. The van der Waals surface area contributed by atoms with Crippen LogP contribution in [0, 0.1) is 0 Å². The summed E-state index contributed by atoms with van der Waals surface area (Å²) < 4.78 is 30.0. The lowest BCUT2D eigenvalue weighted by molar-refractivity contribution is -0.0875. The number of ether oxygens (including phenoxy) is 1. The first-order valence-electron chi connectivity index (χ1n) is 4.58. The highest BCUT2D eigenvalue weighted by molar-refractivity contribution is 8.14. The zero-order valence-corrected chi connectivity index (χ0v) is 8.53. The van der Waals surface area contributed by atoms with Crippen LogP contribution in [0.15, 0.2) is 4.99 Å². The van der Waals surface area contributed by atoms with Gasteiger partial charge in [-0.05, 0) is 0 Å². The molecule has 7 heteroatoms. The van der Waals surface area contributed by atoms with Crippen LogP contribution in [0.5, 0.6) is 0 Å². The van der Waals surface area contributed by atoms with E-state index in [1.807, 2.05) is 0 Å². The van der Waals surface area contributed by atoms with Gasteiger partial charge in [0.25, 0.3) is 6.43 Å². The van der Waals surface area contributed by atoms with Gasteiger partial charge < -0.3 is 14.9 Å². The van der Waals surface area contributed by atoms with E-state index in [-0.39, 0.29) is 18.1 Å². The molecule has 0 bridgehead atoms. The van der Waals surface area contributed by atoms with Gasteiger partial charge in [0.2, 0.25) is 0 Å². The van der Waals surface area contributed by atoms with Crippen molar-refractivity contribution in [3.8, 4) is 0 Å². The van der Waals surface area contributed by atoms with Crippen molar-refractivity contribution in [3.05, 3.63) is 0 Å². The maximum atomic E-state index is 12.3. The Morgan fingerprint density at radius 2 is 2.33 bits per heavy atom. The summed E-state index contributed by atoms with van der Waals surface area (Å²) >= 11 is 0.832. The molecule has 0 aromatic rings. The lowest BCUT2D eigenvalue weighted by Gasteiger charge is -2.33. The fourth-order valence-corrected chi connectivity index (χ4v) is 2.80. The maximum Gasteiger partial charge on any atom is 0.285 e. The van der Waals surface area contributed by atoms with Gasteiger partial charge in [0, 0.05) is 6.42 Å². The molecule has 0 aliphatic carbocycles. The second-order valence-electron chi connectivity index (χ2n) is 3.49. The van der Waals surface area contributed by atoms with Crippen LogP contribution in [0.2, 0.25) is 0 Å². The smallest absolute Gasteiger partial charge is 0.285 e. The number of thioether (sulfide) groups is 1. The number of hydrogen-bond acceptors (Lipinski definition) is 5. The fourth-order valence-electron chi connectivity index (χ4n) is 1.68. The van der Waals surface area contributed by atoms with Gasteiger partial charge in [-0.25, -0.2) is 8.78 Å². The number of aliphatic hydroxyl groups is 2. The molecule has 0 spiro atoms. The van der Waals surface area contributed by atoms with Crippen molar-refractivity contribution in [1.82, 2.24) is 0 Å². The Balaban J connectivity index is 2.07. The monoisotopic (exact) mass is 239 g/mol. The molecule has 0 aromatic heterocycles. The van der Waals surface area contributed by atoms with Crippen LogP contribution in [-0.4, -0.2) is 52.0 Å². The number of fused-ring (bicyclic) bond motifs is 1. The van der Waals surface area contributed by atoms with Gasteiger partial charge in [-0.3, -0.25) is 4.99 Å². The average Bonchev–Trinajstić information content (AvgIpc) is 2.61. The average molecular weight is 239 g/mol. The highest BCUT2D eigenvalue weighted by Crippen LogP contribution is 2.37. The van der Waals surface area contributed by atoms with Crippen molar-refractivity contribution in [2.45, 2.75) is 36.5 Å². The third-order valence-electron chi connectivity index (χ3n) is 2.41. The Morgan fingerprint density at radius 3 is 2.93 bits per heavy atom. The third-order valence-corrected chi connectivity index (χ3v) is 3.55. The Bertz CT molecular complexity index is 277. The molecule has 2 aliphatic rings. The number of aliphatic imine (C=N–C) groups is 1. The number of alkyl halides is 2. The van der Waals surface area contributed by atoms with Crippen LogP contribution in [-0.2, 0) is 4.74 Å². The molecule has 1 fully saturated rings. The predicted molar refractivity (Wildman–Crippen MR) is 51.2 cm³/mol. The zero-order chi connectivity index (χ0) is 11.0. The molecule has 2 rings (SSSR count). The van der Waals surface area contributed by atoms with Crippen LogP contribution in [0.4, 0.5) is 8.78 Å². The van der Waals surface area contributed by atoms with Crippen LogP contribution in [0.1, 0.15) is 6.42 Å². The summed E-state index contributed by atoms with van der Waals surface area (Å²) in [5.41, 5.74) is -0.588. The van der Waals surface area contributed by atoms with E-state index in [0.717, 1.165) is 11.8 Å². The second-order valence-corrected chi connectivity index (χ2v) is 4.61. The lowest BCUT2D eigenvalue weighted by Crippen LogP contribution is -2.45. The molecule has 0 amide bonds. The van der Waals surface area contributed by atoms with Crippen LogP contribution in [0.25, 0.3) is 0 Å². The summed E-state index contributed by atoms with van der Waals surface area (Å²) in [6, 6.07) is -0.623. The first-order chi connectivity index (χ1) is 7.11. The minimum absolute atomic E-state index is 0.217. The Kier molecular flexibility index (Phi) is 3.24. The molecule has 4 nitrogen and oxygen atoms in total. The maximum absolute atomic E-state index is 12.3. The van der Waals surface area contributed by atoms with Crippen molar-refractivity contribution < 1.29 is 23.7 Å². The van der Waals surface area contributed by atoms with Gasteiger partial charge in [0.15, 0.2) is 0 Å². The molecule has 0 aromatic carbocycles. The van der Waals surface area contributed by atoms with Crippen molar-refractivity contribution in [1.29, 1.82) is 0 Å². The number of hydrogen-bond donors (Lipinski definition) is 2. The Morgan fingerprint density at radius 1 is 1.60 bits per heavy atom. The first-order valence-corrected chi connectivity index (χ1v) is 5.46. The van der Waals surface area contributed by atoms with Crippen LogP contribution < -0.4 is 0 Å². The molecule has 4 unspecified atom stereocenters. The SMILES string of the molecule is OCC1CC(O)C2N=C(C(F)F)SC2O1. The van der Waals surface area contributed by atoms with E-state index in [0.29, 0.717) is 0 Å². The van der Waals surface area contributed by atoms with Crippen LogP contribution in [0.3, 0.4) is 0 Å². The molecular formula is C8H11F2NO3S. The molecule has 2 heterocycles. The third kappa shape index (κ3) is 2.15. The molecule has 2 aliphatic heterocycles. The lowest BCUT2D eigenvalue weighted by atomic mass is 10.0. The van der Waals surface area contributed by atoms with Crippen molar-refractivity contribution >= 4 is 16.8 Å². The first kappa shape index (κ1) is 11.3. The van der Waals surface area contributed by atoms with Gasteiger partial charge in [0.1, 0.15) is 16.5 Å². The molecular weight excluding hydrogens is 228 g/mol. The summed E-state index contributed by atoms with van der Waals surface area (Å²) in [5.74, 6) is 0. The highest BCUT2D eigenvalue weighted by atomic mass is 32.2. The minimum Gasteiger partial charge on any atom is -0.394 e. The summed E-state index contributed by atoms with van der Waals surface area (Å²) in [4.78, 5) is 3.73. The normalized spacial score (nSPS) is 40.5. The van der Waals surface area contributed by atoms with E-state index in [4.69, 9.17) is 9.84 Å². The van der Waals surface area contributed by atoms with Crippen molar-refractivity contribution in [3.63, 3.8) is 0 Å². The Hall–Kier alpha value is -0.240. The number of nitrogens with zero attached hydrogens (tertiary/aromatic N) is 1. The van der Waals surface area contributed by atoms with Crippen molar-refractivity contribution in [2.24, 2.45) is 4.99 Å². The topological polar surface area (TPSA) is 62.0 Å². The number of halogens is 2. The number of rotatable bonds is 2. The largest absolute Gasteiger partial charge is 0.394 e. The van der Waals surface area contributed by atoms with Crippen molar-refractivity contribution in [2.75, 3.05) is 6.61 Å². The van der Waals surface area contributed by atoms with Gasteiger partial charge in [-0.1, -0.05) is 11.8 Å². The quantitative estimate of drug-likeness (QED) is 0.724. The second kappa shape index (κ2) is 4.32. The van der Waals surface area contributed by atoms with E-state index in [2.05, 4.69) is 4.99 Å². The van der Waals surface area contributed by atoms with E-state index in [1.165, 1.54) is 0 Å². The fraction of sp³-hybridized carbons (Fsp3) is 0.875. The molecule has 4 atom stereocenters. The molecule has 0 saturated carbocycles. The predicted octanol–water partition coefficient (Wildman–Crippen LogP) is 0.234. The minimum atomic E-state index is -2.62. The Labute approximate surface area is 89.3 Å². The summed E-state index contributed by atoms with van der Waals surface area (Å²) in [5, 5.41) is 18.2. The molecule has 1 saturated heterocycles. The van der Waals surface area contributed by atoms with E-state index < -0.39 is 30.1 Å². The molecule has 2 N–H and O–H groups in total. The van der Waals surface area contributed by atoms with Crippen LogP contribution >= 0.6 is 11.8 Å². The van der Waals surface area contributed by atoms with E-state index in [1.54, 1.807) is 0 Å². The van der Waals surface area contributed by atoms with E-state index in [9.17, 15) is 13.9 Å². The number of aliphatic hydroxyl groups excluding tert-OH is 2. The molecule has 15 heavy (non-hydrogen) atoms. The van der Waals surface area contributed by atoms with Gasteiger partial charge in [-0.15, -0.1) is 0 Å². The van der Waals surface area contributed by atoms with E-state index >= 15 is 0 Å². The zero-order valence-electron chi connectivity index (χ0n) is 7.72. The summed E-state index contributed by atoms with van der Waals surface area (Å²) in [6.45, 7) is -0.217. The van der Waals surface area contributed by atoms with Gasteiger partial charge >= 0.3 is 0 Å². The molecule has 0 radical (unpaired) electrons. The standard InChI is InChI=1S/C8H11F2NO3S/c9-6(10)7-11-5-4(13)1-3(2-12)14-8(5)15-7/h3-6,8,12-13H,1-2H2. The van der Waals surface area contributed by atoms with Gasteiger partial charge in [-0.2, -0.15) is 0 Å². The van der Waals surface area contributed by atoms with Gasteiger partial charge in [0.05, 0.1) is 18.8 Å². The summed E-state index contributed by atoms with van der Waals surface area (Å²) in [6.07, 6.45) is -3.69.